The summed E-state index contributed by atoms with van der Waals surface area (Å²) < 4.78 is 1.09. The molecule has 10 heteroatoms. The molecule has 0 aliphatic carbocycles. The number of hydrogen-bond acceptors (Lipinski definition) is 7. The molecule has 0 aliphatic heterocycles. The van der Waals surface area contributed by atoms with Crippen LogP contribution >= 0.6 is 0 Å². The van der Waals surface area contributed by atoms with Gasteiger partial charge in [0.2, 0.25) is 11.6 Å². The summed E-state index contributed by atoms with van der Waals surface area (Å²) in [4.78, 5) is 22.2. The van der Waals surface area contributed by atoms with Crippen LogP contribution in [0.4, 0.5) is 17.3 Å². The molecule has 10 nitrogen and oxygen atoms in total. The number of nitrogens with one attached hydrogen (secondary N) is 1. The highest BCUT2D eigenvalue weighted by Gasteiger charge is 2.19. The number of pyridine rings is 1. The molecular formula is C16H14N8O2. The van der Waals surface area contributed by atoms with Crippen molar-refractivity contribution in [2.45, 2.75) is 33.2 Å². The normalized spacial score (nSPS) is 10.4. The number of aromatic nitrogens is 3. The van der Waals surface area contributed by atoms with Crippen molar-refractivity contribution >= 4 is 17.3 Å². The third kappa shape index (κ3) is 3.28. The molecule has 0 bridgehead atoms. The van der Waals surface area contributed by atoms with Gasteiger partial charge in [0.25, 0.3) is 5.56 Å². The van der Waals surface area contributed by atoms with Crippen LogP contribution in [-0.2, 0) is 6.54 Å². The summed E-state index contributed by atoms with van der Waals surface area (Å²) >= 11 is 0. The average Bonchev–Trinajstić information content (AvgIpc) is 3.04. The monoisotopic (exact) mass is 350 g/mol. The van der Waals surface area contributed by atoms with Crippen LogP contribution in [0, 0.1) is 36.2 Å². The van der Waals surface area contributed by atoms with E-state index in [1.165, 1.54) is 6.92 Å². The second-order valence-electron chi connectivity index (χ2n) is 5.28. The summed E-state index contributed by atoms with van der Waals surface area (Å²) in [5.41, 5.74) is -0.788. The van der Waals surface area contributed by atoms with E-state index in [1.807, 2.05) is 6.92 Å². The average molecular weight is 350 g/mol. The molecule has 0 amide bonds. The minimum Gasteiger partial charge on any atom is -0.503 e. The van der Waals surface area contributed by atoms with Crippen molar-refractivity contribution in [3.63, 3.8) is 0 Å². The SMILES string of the molecule is [C-]#[N+]c1c(C)c(N=Nc2nc(C#N)c(C#N)[nH]2)c(=O)n(CCCC)c1O. The quantitative estimate of drug-likeness (QED) is 0.628. The first kappa shape index (κ1) is 18.4. The summed E-state index contributed by atoms with van der Waals surface area (Å²) in [5, 5.41) is 35.6. The van der Waals surface area contributed by atoms with Crippen LogP contribution < -0.4 is 5.56 Å². The summed E-state index contributed by atoms with van der Waals surface area (Å²) in [7, 11) is 0. The highest BCUT2D eigenvalue weighted by Crippen LogP contribution is 2.34. The molecule has 0 fully saturated rings. The molecule has 2 rings (SSSR count). The lowest BCUT2D eigenvalue weighted by Gasteiger charge is -2.12. The molecule has 2 aromatic heterocycles. The van der Waals surface area contributed by atoms with Gasteiger partial charge in [-0.2, -0.15) is 15.5 Å². The van der Waals surface area contributed by atoms with Gasteiger partial charge < -0.3 is 10.1 Å². The van der Waals surface area contributed by atoms with Gasteiger partial charge in [0, 0.05) is 6.54 Å². The fourth-order valence-electron chi connectivity index (χ4n) is 2.23. The maximum atomic E-state index is 12.6. The number of nitriles is 2. The van der Waals surface area contributed by atoms with Gasteiger partial charge >= 0.3 is 0 Å². The van der Waals surface area contributed by atoms with Gasteiger partial charge in [-0.1, -0.05) is 13.3 Å². The molecule has 0 saturated heterocycles. The molecule has 2 heterocycles. The second-order valence-corrected chi connectivity index (χ2v) is 5.28. The molecule has 2 aromatic rings. The molecule has 2 N–H and O–H groups in total. The fourth-order valence-corrected chi connectivity index (χ4v) is 2.23. The number of nitrogens with zero attached hydrogens (tertiary/aromatic N) is 7. The van der Waals surface area contributed by atoms with Crippen molar-refractivity contribution in [3.05, 3.63) is 38.7 Å². The number of hydrogen-bond donors (Lipinski definition) is 2. The van der Waals surface area contributed by atoms with Gasteiger partial charge in [-0.15, -0.1) is 10.2 Å². The number of aromatic amines is 1. The summed E-state index contributed by atoms with van der Waals surface area (Å²) in [6, 6.07) is 3.51. The lowest BCUT2D eigenvalue weighted by Crippen LogP contribution is -2.20. The van der Waals surface area contributed by atoms with Crippen molar-refractivity contribution in [1.82, 2.24) is 14.5 Å². The van der Waals surface area contributed by atoms with E-state index in [2.05, 4.69) is 25.0 Å². The van der Waals surface area contributed by atoms with E-state index < -0.39 is 11.4 Å². The van der Waals surface area contributed by atoms with E-state index in [1.54, 1.807) is 12.1 Å². The first-order valence-electron chi connectivity index (χ1n) is 7.64. The Labute approximate surface area is 148 Å². The van der Waals surface area contributed by atoms with Gasteiger partial charge in [-0.25, -0.2) is 4.85 Å². The molecule has 0 spiro atoms. The standard InChI is InChI=1S/C16H14N8O2/c1-4-5-6-24-14(25)12(19-3)9(2)13(15(24)26)22-23-16-20-10(7-17)11(8-18)21-16/h25H,4-6H2,1-2H3,(H,20,21). The predicted octanol–water partition coefficient (Wildman–Crippen LogP) is 3.10. The topological polar surface area (TPSA) is 148 Å². The maximum absolute atomic E-state index is 12.6. The lowest BCUT2D eigenvalue weighted by molar-refractivity contribution is 0.405. The van der Waals surface area contributed by atoms with Crippen molar-refractivity contribution < 1.29 is 5.11 Å². The third-order valence-electron chi connectivity index (χ3n) is 3.63. The number of aromatic hydroxyl groups is 1. The third-order valence-corrected chi connectivity index (χ3v) is 3.63. The van der Waals surface area contributed by atoms with E-state index >= 15 is 0 Å². The Hall–Kier alpha value is -3.97. The smallest absolute Gasteiger partial charge is 0.279 e. The number of imidazole rings is 1. The molecule has 130 valence electrons. The summed E-state index contributed by atoms with van der Waals surface area (Å²) in [6.45, 7) is 10.9. The Morgan fingerprint density at radius 3 is 2.65 bits per heavy atom. The minimum atomic E-state index is -0.586. The number of H-pyrrole nitrogens is 1. The first-order valence-corrected chi connectivity index (χ1v) is 7.64. The summed E-state index contributed by atoms with van der Waals surface area (Å²) in [5.74, 6) is -0.513. The van der Waals surface area contributed by atoms with Crippen molar-refractivity contribution in [2.75, 3.05) is 0 Å². The number of rotatable bonds is 5. The Morgan fingerprint density at radius 2 is 2.12 bits per heavy atom. The highest BCUT2D eigenvalue weighted by molar-refractivity contribution is 5.67. The van der Waals surface area contributed by atoms with E-state index in [0.29, 0.717) is 6.42 Å². The zero-order valence-electron chi connectivity index (χ0n) is 14.1. The fraction of sp³-hybridized carbons (Fsp3) is 0.312. The lowest BCUT2D eigenvalue weighted by atomic mass is 10.2. The molecular weight excluding hydrogens is 336 g/mol. The van der Waals surface area contributed by atoms with Crippen molar-refractivity contribution in [3.8, 4) is 18.0 Å². The van der Waals surface area contributed by atoms with Gasteiger partial charge in [-0.3, -0.25) is 9.36 Å². The largest absolute Gasteiger partial charge is 0.503 e. The minimum absolute atomic E-state index is 0.0638. The Kier molecular flexibility index (Phi) is 5.46. The molecule has 0 saturated carbocycles. The zero-order valence-corrected chi connectivity index (χ0v) is 14.1. The van der Waals surface area contributed by atoms with Gasteiger partial charge in [0.15, 0.2) is 17.3 Å². The molecule has 0 radical (unpaired) electrons. The van der Waals surface area contributed by atoms with Crippen molar-refractivity contribution in [2.24, 2.45) is 10.2 Å². The van der Waals surface area contributed by atoms with Crippen LogP contribution in [0.15, 0.2) is 15.0 Å². The summed E-state index contributed by atoms with van der Waals surface area (Å²) in [6.07, 6.45) is 1.43. The molecule has 0 unspecified atom stereocenters. The highest BCUT2D eigenvalue weighted by atomic mass is 16.3. The van der Waals surface area contributed by atoms with E-state index in [9.17, 15) is 9.90 Å². The maximum Gasteiger partial charge on any atom is 0.279 e. The van der Waals surface area contributed by atoms with Crippen LogP contribution in [0.5, 0.6) is 5.88 Å². The Morgan fingerprint density at radius 1 is 1.38 bits per heavy atom. The van der Waals surface area contributed by atoms with Gasteiger partial charge in [0.05, 0.1) is 6.57 Å². The number of azo groups is 1. The molecule has 26 heavy (non-hydrogen) atoms. The molecule has 0 aliphatic rings. The van der Waals surface area contributed by atoms with E-state index in [-0.39, 0.29) is 40.8 Å². The van der Waals surface area contributed by atoms with E-state index in [0.717, 1.165) is 11.0 Å². The molecule has 0 atom stereocenters. The van der Waals surface area contributed by atoms with Crippen LogP contribution in [0.1, 0.15) is 36.7 Å². The van der Waals surface area contributed by atoms with Crippen molar-refractivity contribution in [1.29, 1.82) is 10.5 Å². The molecule has 0 aromatic carbocycles. The zero-order chi connectivity index (χ0) is 19.3. The second kappa shape index (κ2) is 7.73. The van der Waals surface area contributed by atoms with Crippen LogP contribution in [0.25, 0.3) is 4.85 Å². The first-order chi connectivity index (χ1) is 12.5. The Balaban J connectivity index is 2.58. The van der Waals surface area contributed by atoms with Crippen LogP contribution in [0.2, 0.25) is 0 Å². The van der Waals surface area contributed by atoms with Crippen LogP contribution in [-0.4, -0.2) is 19.6 Å². The van der Waals surface area contributed by atoms with E-state index in [4.69, 9.17) is 17.1 Å². The predicted molar refractivity (Wildman–Crippen MR) is 90.5 cm³/mol. The van der Waals surface area contributed by atoms with Gasteiger partial charge in [-0.05, 0) is 18.9 Å². The van der Waals surface area contributed by atoms with Crippen LogP contribution in [0.3, 0.4) is 0 Å². The Bertz CT molecular complexity index is 1020. The van der Waals surface area contributed by atoms with Gasteiger partial charge in [0.1, 0.15) is 17.8 Å². The number of unbranched alkanes of at least 4 members (excludes halogenated alkanes) is 1.